The van der Waals surface area contributed by atoms with Gasteiger partial charge in [-0.05, 0) is 23.8 Å². The molecule has 1 saturated heterocycles. The van der Waals surface area contributed by atoms with Gasteiger partial charge in [-0.15, -0.1) is 0 Å². The van der Waals surface area contributed by atoms with Gasteiger partial charge in [-0.3, -0.25) is 9.59 Å². The number of nitrogens with zero attached hydrogens (tertiary/aromatic N) is 5. The van der Waals surface area contributed by atoms with Gasteiger partial charge in [0.2, 0.25) is 11.8 Å². The van der Waals surface area contributed by atoms with Gasteiger partial charge in [-0.2, -0.15) is 5.10 Å². The van der Waals surface area contributed by atoms with E-state index in [4.69, 9.17) is 9.47 Å². The Labute approximate surface area is 196 Å². The van der Waals surface area contributed by atoms with E-state index in [1.165, 1.54) is 28.3 Å². The van der Waals surface area contributed by atoms with Crippen LogP contribution in [0.25, 0.3) is 0 Å². The largest absolute Gasteiger partial charge is 0.497 e. The van der Waals surface area contributed by atoms with Crippen LogP contribution in [0.3, 0.4) is 0 Å². The first-order chi connectivity index (χ1) is 16.5. The maximum Gasteiger partial charge on any atom is 0.244 e. The third kappa shape index (κ3) is 5.96. The fourth-order valence-electron chi connectivity index (χ4n) is 3.75. The zero-order chi connectivity index (χ0) is 23.9. The van der Waals surface area contributed by atoms with Crippen LogP contribution >= 0.6 is 0 Å². The van der Waals surface area contributed by atoms with Crippen LogP contribution in [-0.4, -0.2) is 69.2 Å². The molecule has 0 N–H and O–H groups in total. The molecule has 1 fully saturated rings. The Morgan fingerprint density at radius 1 is 1.15 bits per heavy atom. The Hall–Kier alpha value is -3.79. The Kier molecular flexibility index (Phi) is 7.48. The summed E-state index contributed by atoms with van der Waals surface area (Å²) in [6.07, 6.45) is 2.29. The molecule has 1 aliphatic rings. The summed E-state index contributed by atoms with van der Waals surface area (Å²) in [6, 6.07) is 13.8. The van der Waals surface area contributed by atoms with Gasteiger partial charge in [0.1, 0.15) is 30.8 Å². The van der Waals surface area contributed by atoms with Gasteiger partial charge >= 0.3 is 0 Å². The second-order valence-corrected chi connectivity index (χ2v) is 8.01. The van der Waals surface area contributed by atoms with Gasteiger partial charge in [0.25, 0.3) is 0 Å². The van der Waals surface area contributed by atoms with Crippen molar-refractivity contribution in [1.29, 1.82) is 0 Å². The van der Waals surface area contributed by atoms with E-state index >= 15 is 0 Å². The molecular formula is C24H26FN5O4. The molecule has 2 aromatic carbocycles. The molecule has 1 unspecified atom stereocenters. The zero-order valence-corrected chi connectivity index (χ0v) is 18.8. The smallest absolute Gasteiger partial charge is 0.244 e. The minimum Gasteiger partial charge on any atom is -0.497 e. The highest BCUT2D eigenvalue weighted by Gasteiger charge is 2.31. The third-order valence-electron chi connectivity index (χ3n) is 5.61. The van der Waals surface area contributed by atoms with Gasteiger partial charge < -0.3 is 19.3 Å². The number of amides is 2. The molecule has 178 valence electrons. The number of methoxy groups -OCH3 is 1. The van der Waals surface area contributed by atoms with Crippen molar-refractivity contribution < 1.29 is 23.5 Å². The lowest BCUT2D eigenvalue weighted by Crippen LogP contribution is -2.41. The minimum atomic E-state index is -0.496. The molecular weight excluding hydrogens is 441 g/mol. The summed E-state index contributed by atoms with van der Waals surface area (Å²) < 4.78 is 26.7. The van der Waals surface area contributed by atoms with Gasteiger partial charge in [-0.1, -0.05) is 30.3 Å². The summed E-state index contributed by atoms with van der Waals surface area (Å²) in [4.78, 5) is 33.0. The summed E-state index contributed by atoms with van der Waals surface area (Å²) in [5, 5.41) is 3.96. The van der Waals surface area contributed by atoms with Crippen LogP contribution in [0.5, 0.6) is 5.75 Å². The molecule has 2 heterocycles. The number of hydrogen-bond donors (Lipinski definition) is 0. The van der Waals surface area contributed by atoms with E-state index in [2.05, 4.69) is 10.1 Å². The van der Waals surface area contributed by atoms with Crippen LogP contribution in [0.4, 0.5) is 4.39 Å². The van der Waals surface area contributed by atoms with Gasteiger partial charge in [0.15, 0.2) is 0 Å². The molecule has 34 heavy (non-hydrogen) atoms. The van der Waals surface area contributed by atoms with Crippen molar-refractivity contribution in [2.45, 2.75) is 25.8 Å². The highest BCUT2D eigenvalue weighted by Crippen LogP contribution is 2.17. The predicted molar refractivity (Wildman–Crippen MR) is 120 cm³/mol. The van der Waals surface area contributed by atoms with Crippen LogP contribution in [0.1, 0.15) is 11.1 Å². The molecule has 0 bridgehead atoms. The van der Waals surface area contributed by atoms with Crippen LogP contribution in [0.2, 0.25) is 0 Å². The van der Waals surface area contributed by atoms with E-state index in [0.29, 0.717) is 12.1 Å². The molecule has 2 amide bonds. The lowest BCUT2D eigenvalue weighted by Gasteiger charge is -2.25. The quantitative estimate of drug-likeness (QED) is 0.503. The fraction of sp³-hybridized carbons (Fsp3) is 0.333. The topological polar surface area (TPSA) is 89.8 Å². The minimum absolute atomic E-state index is 0.0347. The molecule has 0 radical (unpaired) electrons. The first-order valence-electron chi connectivity index (χ1n) is 10.9. The second kappa shape index (κ2) is 10.9. The number of halogens is 1. The molecule has 0 aliphatic carbocycles. The van der Waals surface area contributed by atoms with Gasteiger partial charge in [0, 0.05) is 25.2 Å². The van der Waals surface area contributed by atoms with Crippen molar-refractivity contribution in [2.24, 2.45) is 0 Å². The van der Waals surface area contributed by atoms with Crippen molar-refractivity contribution >= 4 is 11.8 Å². The highest BCUT2D eigenvalue weighted by atomic mass is 19.1. The van der Waals surface area contributed by atoms with Crippen LogP contribution in [-0.2, 0) is 34.0 Å². The molecule has 1 atom stereocenters. The molecule has 1 aromatic heterocycles. The van der Waals surface area contributed by atoms with Crippen LogP contribution in [0, 0.1) is 5.82 Å². The lowest BCUT2D eigenvalue weighted by molar-refractivity contribution is -0.139. The van der Waals surface area contributed by atoms with Crippen molar-refractivity contribution in [3.63, 3.8) is 0 Å². The standard InChI is InChI=1S/C24H26FN5O4/c1-33-20-8-6-18(7-9-20)10-28-11-21(34-15-19-4-2-3-5-22(19)25)12-29(13-23(28)31)24(32)14-30-17-26-16-27-30/h2-9,16-17,21H,10-15H2,1H3. The lowest BCUT2D eigenvalue weighted by atomic mass is 10.2. The van der Waals surface area contributed by atoms with E-state index in [1.807, 2.05) is 24.3 Å². The Morgan fingerprint density at radius 2 is 1.94 bits per heavy atom. The molecule has 0 spiro atoms. The molecule has 3 aromatic rings. The van der Waals surface area contributed by atoms with Gasteiger partial charge in [0.05, 0.1) is 26.4 Å². The number of carbonyl (C=O) groups is 2. The van der Waals surface area contributed by atoms with Crippen LogP contribution < -0.4 is 4.74 Å². The maximum atomic E-state index is 14.1. The fourth-order valence-corrected chi connectivity index (χ4v) is 3.75. The third-order valence-corrected chi connectivity index (χ3v) is 5.61. The first kappa shape index (κ1) is 23.4. The Balaban J connectivity index is 1.50. The van der Waals surface area contributed by atoms with E-state index in [-0.39, 0.29) is 50.4 Å². The molecule has 1 aliphatic heterocycles. The Morgan fingerprint density at radius 3 is 2.65 bits per heavy atom. The summed E-state index contributed by atoms with van der Waals surface area (Å²) in [5.41, 5.74) is 1.34. The zero-order valence-electron chi connectivity index (χ0n) is 18.8. The SMILES string of the molecule is COc1ccc(CN2CC(OCc3ccccc3F)CN(C(=O)Cn3cncn3)CC2=O)cc1. The maximum absolute atomic E-state index is 14.1. The second-order valence-electron chi connectivity index (χ2n) is 8.01. The van der Waals surface area contributed by atoms with E-state index in [1.54, 1.807) is 30.2 Å². The average molecular weight is 468 g/mol. The van der Waals surface area contributed by atoms with E-state index in [0.717, 1.165) is 11.3 Å². The summed E-state index contributed by atoms with van der Waals surface area (Å²) in [7, 11) is 1.59. The van der Waals surface area contributed by atoms with E-state index < -0.39 is 6.10 Å². The number of aromatic nitrogens is 3. The summed E-state index contributed by atoms with van der Waals surface area (Å²) >= 11 is 0. The molecule has 0 saturated carbocycles. The van der Waals surface area contributed by atoms with Crippen molar-refractivity contribution in [2.75, 3.05) is 26.7 Å². The summed E-state index contributed by atoms with van der Waals surface area (Å²) in [5.74, 6) is -0.104. The number of hydrogen-bond acceptors (Lipinski definition) is 6. The van der Waals surface area contributed by atoms with E-state index in [9.17, 15) is 14.0 Å². The van der Waals surface area contributed by atoms with Crippen molar-refractivity contribution in [1.82, 2.24) is 24.6 Å². The highest BCUT2D eigenvalue weighted by molar-refractivity contribution is 5.85. The van der Waals surface area contributed by atoms with Crippen LogP contribution in [0.15, 0.2) is 61.2 Å². The Bertz CT molecular complexity index is 1110. The predicted octanol–water partition coefficient (Wildman–Crippen LogP) is 1.88. The molecule has 9 nitrogen and oxygen atoms in total. The van der Waals surface area contributed by atoms with Crippen molar-refractivity contribution in [3.8, 4) is 5.75 Å². The molecule has 4 rings (SSSR count). The van der Waals surface area contributed by atoms with Gasteiger partial charge in [-0.25, -0.2) is 14.1 Å². The molecule has 10 heteroatoms. The average Bonchev–Trinajstić information content (AvgIpc) is 3.30. The first-order valence-corrected chi connectivity index (χ1v) is 10.9. The monoisotopic (exact) mass is 467 g/mol. The number of ether oxygens (including phenoxy) is 2. The van der Waals surface area contributed by atoms with Crippen molar-refractivity contribution in [3.05, 3.63) is 78.1 Å². The number of rotatable bonds is 8. The normalized spacial score (nSPS) is 16.4. The number of carbonyl (C=O) groups excluding carboxylic acids is 2. The summed E-state index contributed by atoms with van der Waals surface area (Å²) in [6.45, 7) is 0.745. The number of benzene rings is 2.